The third kappa shape index (κ3) is 4.62. The molecule has 0 aliphatic carbocycles. The molecule has 0 N–H and O–H groups in total. The Balaban J connectivity index is 5.57. The summed E-state index contributed by atoms with van der Waals surface area (Å²) < 4.78 is 126. The number of hydrogen-bond donors (Lipinski definition) is 0. The van der Waals surface area contributed by atoms with Crippen molar-refractivity contribution in [3.63, 3.8) is 0 Å². The zero-order valence-electron chi connectivity index (χ0n) is 12.7. The first-order valence-electron chi connectivity index (χ1n) is 6.38. The molecule has 0 aromatic rings. The predicted molar refractivity (Wildman–Crippen MR) is 77.0 cm³/mol. The van der Waals surface area contributed by atoms with Gasteiger partial charge in [-0.25, -0.2) is 0 Å². The highest BCUT2D eigenvalue weighted by Gasteiger charge is 2.82. The molecule has 0 aliphatic rings. The van der Waals surface area contributed by atoms with Crippen molar-refractivity contribution in [3.8, 4) is 0 Å². The molecule has 0 rings (SSSR count). The monoisotopic (exact) mass is 428 g/mol. The van der Waals surface area contributed by atoms with E-state index in [2.05, 4.69) is 0 Å². The van der Waals surface area contributed by atoms with Crippen molar-refractivity contribution in [3.05, 3.63) is 0 Å². The van der Waals surface area contributed by atoms with Gasteiger partial charge in [-0.2, -0.15) is 39.5 Å². The van der Waals surface area contributed by atoms with Gasteiger partial charge in [0.25, 0.3) is 0 Å². The third-order valence-corrected chi connectivity index (χ3v) is 18.8. The summed E-state index contributed by atoms with van der Waals surface area (Å²) in [6.45, 7) is 3.88. The fraction of sp³-hybridized carbons (Fsp3) is 1.00. The summed E-state index contributed by atoms with van der Waals surface area (Å²) in [6.07, 6.45) is -6.79. The van der Waals surface area contributed by atoms with E-state index in [-0.39, 0.29) is 10.5 Å². The number of alkyl halides is 9. The topological polar surface area (TPSA) is 18.5 Å². The van der Waals surface area contributed by atoms with Gasteiger partial charge in [0, 0.05) is 5.54 Å². The van der Waals surface area contributed by atoms with Gasteiger partial charge in [-0.15, -0.1) is 0 Å². The summed E-state index contributed by atoms with van der Waals surface area (Å²) in [7, 11) is -6.74. The minimum atomic E-state index is -6.85. The molecule has 0 amide bonds. The zero-order valence-corrected chi connectivity index (χ0v) is 18.4. The summed E-state index contributed by atoms with van der Waals surface area (Å²) in [4.78, 5) is 0. The molecule has 0 aliphatic heterocycles. The van der Waals surface area contributed by atoms with Crippen LogP contribution in [0.25, 0.3) is 0 Å². The Morgan fingerprint density at radius 1 is 0.913 bits per heavy atom. The Hall–Kier alpha value is 0.158. The Morgan fingerprint density at radius 2 is 1.35 bits per heavy atom. The van der Waals surface area contributed by atoms with E-state index in [0.29, 0.717) is 6.92 Å². The Labute approximate surface area is 135 Å². The summed E-state index contributed by atoms with van der Waals surface area (Å²) in [5.41, 5.74) is -2.41. The molecule has 23 heavy (non-hydrogen) atoms. The molecule has 15 heteroatoms. The van der Waals surface area contributed by atoms with Gasteiger partial charge in [-0.3, -0.25) is 0 Å². The van der Waals surface area contributed by atoms with Crippen molar-refractivity contribution in [2.75, 3.05) is 0 Å². The molecule has 0 heterocycles. The molecule has 0 spiro atoms. The number of halogens is 9. The molecule has 2 atom stereocenters. The number of rotatable bonds is 8. The van der Waals surface area contributed by atoms with Crippen LogP contribution in [0.2, 0.25) is 18.6 Å². The highest BCUT2D eigenvalue weighted by atomic mass is 29.2. The van der Waals surface area contributed by atoms with E-state index in [1.54, 1.807) is 13.1 Å². The van der Waals surface area contributed by atoms with Gasteiger partial charge in [0.15, 0.2) is 26.9 Å². The van der Waals surface area contributed by atoms with Gasteiger partial charge >= 0.3 is 23.9 Å². The molecule has 0 aromatic heterocycles. The highest BCUT2D eigenvalue weighted by Crippen LogP contribution is 2.56. The van der Waals surface area contributed by atoms with Crippen LogP contribution in [0.4, 0.5) is 39.5 Å². The Kier molecular flexibility index (Phi) is 7.64. The molecule has 0 saturated heterocycles. The van der Waals surface area contributed by atoms with Gasteiger partial charge < -0.3 is 8.23 Å². The van der Waals surface area contributed by atoms with Gasteiger partial charge in [-0.1, -0.05) is 6.92 Å². The summed E-state index contributed by atoms with van der Waals surface area (Å²) in [6, 6.07) is 0. The maximum Gasteiger partial charge on any atom is 0.460 e. The normalized spacial score (nSPS) is 18.1. The van der Waals surface area contributed by atoms with Crippen molar-refractivity contribution >= 4 is 37.4 Å². The molecular weight excluding hydrogens is 411 g/mol. The quantitative estimate of drug-likeness (QED) is 0.430. The van der Waals surface area contributed by atoms with Gasteiger partial charge in [0.1, 0.15) is 10.5 Å². The maximum absolute atomic E-state index is 13.8. The van der Waals surface area contributed by atoms with E-state index in [9.17, 15) is 39.5 Å². The smallest absolute Gasteiger partial charge is 0.460 e. The lowest BCUT2D eigenvalue weighted by molar-refractivity contribution is -0.396. The van der Waals surface area contributed by atoms with E-state index in [0.717, 1.165) is 0 Å². The first kappa shape index (κ1) is 23.2. The standard InChI is InChI=1S/C8H17F9O2Si4/c1-4(23(18-20)21-19-22(2)3)5(9,10)6(11,12)7(13,14)8(15,16)17/h4,22-23H,21H2,1-3,20H3. The fourth-order valence-electron chi connectivity index (χ4n) is 1.61. The SMILES string of the molecule is CC([SiH](O[SiH3])[SiH2]O[SiH](C)C)C(F)(F)C(F)(F)C(F)(F)C(F)(F)F. The van der Waals surface area contributed by atoms with Crippen LogP contribution in [0, 0.1) is 0 Å². The first-order chi connectivity index (χ1) is 10.0. The van der Waals surface area contributed by atoms with Gasteiger partial charge in [0.05, 0.1) is 0 Å². The van der Waals surface area contributed by atoms with Crippen molar-refractivity contribution < 1.29 is 47.7 Å². The van der Waals surface area contributed by atoms with E-state index >= 15 is 0 Å². The van der Waals surface area contributed by atoms with E-state index in [1.807, 2.05) is 0 Å². The second kappa shape index (κ2) is 7.59. The van der Waals surface area contributed by atoms with Crippen LogP contribution in [-0.4, -0.2) is 61.3 Å². The lowest BCUT2D eigenvalue weighted by Crippen LogP contribution is -2.63. The first-order valence-corrected chi connectivity index (χ1v) is 15.0. The van der Waals surface area contributed by atoms with E-state index < -0.39 is 56.4 Å². The minimum absolute atomic E-state index is 0.125. The average molecular weight is 429 g/mol. The Morgan fingerprint density at radius 3 is 1.65 bits per heavy atom. The predicted octanol–water partition coefficient (Wildman–Crippen LogP) is 1.45. The molecule has 2 nitrogen and oxygen atoms in total. The molecule has 0 radical (unpaired) electrons. The Bertz CT molecular complexity index is 390. The lowest BCUT2D eigenvalue weighted by atomic mass is 10.0. The van der Waals surface area contributed by atoms with Crippen LogP contribution in [0.1, 0.15) is 6.92 Å². The van der Waals surface area contributed by atoms with Crippen molar-refractivity contribution in [1.29, 1.82) is 0 Å². The fourth-order valence-corrected chi connectivity index (χ4v) is 15.2. The molecular formula is C8H17F9O2Si4. The van der Waals surface area contributed by atoms with Crippen LogP contribution >= 0.6 is 0 Å². The van der Waals surface area contributed by atoms with Crippen molar-refractivity contribution in [2.45, 2.75) is 49.5 Å². The second-order valence-electron chi connectivity index (χ2n) is 5.21. The van der Waals surface area contributed by atoms with Crippen LogP contribution in [0.15, 0.2) is 0 Å². The van der Waals surface area contributed by atoms with Crippen molar-refractivity contribution in [1.82, 2.24) is 0 Å². The molecule has 0 fully saturated rings. The van der Waals surface area contributed by atoms with Gasteiger partial charge in [0.2, 0.25) is 0 Å². The van der Waals surface area contributed by atoms with E-state index in [1.165, 1.54) is 0 Å². The van der Waals surface area contributed by atoms with Crippen LogP contribution in [0.3, 0.4) is 0 Å². The van der Waals surface area contributed by atoms with E-state index in [4.69, 9.17) is 8.23 Å². The molecule has 2 unspecified atom stereocenters. The van der Waals surface area contributed by atoms with Crippen LogP contribution < -0.4 is 0 Å². The highest BCUT2D eigenvalue weighted by molar-refractivity contribution is 7.09. The molecule has 140 valence electrons. The summed E-state index contributed by atoms with van der Waals surface area (Å²) >= 11 is 0. The lowest BCUT2D eigenvalue weighted by Gasteiger charge is -2.38. The minimum Gasteiger partial charge on any atom is -0.466 e. The maximum atomic E-state index is 13.8. The second-order valence-corrected chi connectivity index (χ2v) is 16.4. The average Bonchev–Trinajstić information content (AvgIpc) is 2.36. The molecule has 0 bridgehead atoms. The zero-order chi connectivity index (χ0) is 18.9. The largest absolute Gasteiger partial charge is 0.466 e. The number of hydrogen-bond acceptors (Lipinski definition) is 2. The summed E-state index contributed by atoms with van der Waals surface area (Å²) in [5, 5.41) is 0. The van der Waals surface area contributed by atoms with Crippen LogP contribution in [0.5, 0.6) is 0 Å². The third-order valence-electron chi connectivity index (χ3n) is 3.20. The summed E-state index contributed by atoms with van der Waals surface area (Å²) in [5.74, 6) is -19.0. The molecule has 0 saturated carbocycles. The van der Waals surface area contributed by atoms with Crippen molar-refractivity contribution in [2.24, 2.45) is 0 Å². The molecule has 0 aromatic carbocycles. The van der Waals surface area contributed by atoms with Gasteiger partial charge in [-0.05, 0) is 13.1 Å². The van der Waals surface area contributed by atoms with Crippen LogP contribution in [-0.2, 0) is 8.23 Å².